The predicted octanol–water partition coefficient (Wildman–Crippen LogP) is 3.35. The van der Waals surface area contributed by atoms with Crippen LogP contribution in [0.15, 0.2) is 59.3 Å². The molecule has 1 N–H and O–H groups in total. The lowest BCUT2D eigenvalue weighted by Crippen LogP contribution is -2.38. The summed E-state index contributed by atoms with van der Waals surface area (Å²) in [5.74, 6) is 0.672. The zero-order chi connectivity index (χ0) is 17.2. The first-order valence-corrected chi connectivity index (χ1v) is 8.77. The number of nitrogens with zero attached hydrogens (tertiary/aromatic N) is 2. The van der Waals surface area contributed by atoms with Crippen molar-refractivity contribution in [3.63, 3.8) is 0 Å². The summed E-state index contributed by atoms with van der Waals surface area (Å²) < 4.78 is 7.27. The molecule has 0 bridgehead atoms. The second-order valence-electron chi connectivity index (χ2n) is 6.65. The van der Waals surface area contributed by atoms with E-state index < -0.39 is 6.10 Å². The largest absolute Gasteiger partial charge is 0.467 e. The van der Waals surface area contributed by atoms with Crippen LogP contribution in [0.2, 0.25) is 0 Å². The summed E-state index contributed by atoms with van der Waals surface area (Å²) in [5.41, 5.74) is 1.07. The first-order valence-electron chi connectivity index (χ1n) is 8.77. The fourth-order valence-electron chi connectivity index (χ4n) is 3.78. The summed E-state index contributed by atoms with van der Waals surface area (Å²) in [7, 11) is 0. The average Bonchev–Trinajstić information content (AvgIpc) is 3.36. The summed E-state index contributed by atoms with van der Waals surface area (Å²) in [6.45, 7) is 1.09. The standard InChI is InChI=1S/C20H22N2O3/c23-18(19-8-4-12-25-19)13-16-6-3-10-22(16)20(24)14-21-11-9-15-5-1-2-7-17(15)21/h1-2,4-5,7-9,11-12,16,18,23H,3,6,10,13-14H2. The number of fused-ring (bicyclic) bond motifs is 1. The van der Waals surface area contributed by atoms with Crippen LogP contribution in [0.4, 0.5) is 0 Å². The molecule has 1 aliphatic rings. The third-order valence-electron chi connectivity index (χ3n) is 5.05. The molecule has 1 saturated heterocycles. The number of carbonyl (C=O) groups is 1. The van der Waals surface area contributed by atoms with Crippen LogP contribution in [0.1, 0.15) is 31.1 Å². The minimum atomic E-state index is -0.666. The molecule has 1 amide bonds. The zero-order valence-corrected chi connectivity index (χ0v) is 14.0. The number of furan rings is 1. The summed E-state index contributed by atoms with van der Waals surface area (Å²) >= 11 is 0. The van der Waals surface area contributed by atoms with E-state index in [9.17, 15) is 9.90 Å². The molecule has 1 fully saturated rings. The van der Waals surface area contributed by atoms with Crippen molar-refractivity contribution in [3.8, 4) is 0 Å². The molecule has 3 heterocycles. The van der Waals surface area contributed by atoms with Crippen LogP contribution < -0.4 is 0 Å². The number of carbonyl (C=O) groups excluding carboxylic acids is 1. The van der Waals surface area contributed by atoms with Crippen molar-refractivity contribution < 1.29 is 14.3 Å². The van der Waals surface area contributed by atoms with Crippen LogP contribution in [0.5, 0.6) is 0 Å². The van der Waals surface area contributed by atoms with Gasteiger partial charge in [-0.3, -0.25) is 4.79 Å². The lowest BCUT2D eigenvalue weighted by Gasteiger charge is -2.26. The van der Waals surface area contributed by atoms with Crippen LogP contribution >= 0.6 is 0 Å². The van der Waals surface area contributed by atoms with Crippen molar-refractivity contribution in [3.05, 3.63) is 60.7 Å². The number of benzene rings is 1. The predicted molar refractivity (Wildman–Crippen MR) is 95.0 cm³/mol. The van der Waals surface area contributed by atoms with Gasteiger partial charge in [0.05, 0.1) is 6.26 Å². The first-order chi connectivity index (χ1) is 12.2. The molecule has 5 heteroatoms. The Labute approximate surface area is 146 Å². The number of rotatable bonds is 5. The fourth-order valence-corrected chi connectivity index (χ4v) is 3.78. The molecule has 0 aliphatic carbocycles. The van der Waals surface area contributed by atoms with Crippen LogP contribution in [0.25, 0.3) is 10.9 Å². The number of aromatic nitrogens is 1. The second kappa shape index (κ2) is 6.76. The van der Waals surface area contributed by atoms with Crippen molar-refractivity contribution in [1.82, 2.24) is 9.47 Å². The maximum atomic E-state index is 12.8. The highest BCUT2D eigenvalue weighted by atomic mass is 16.4. The lowest BCUT2D eigenvalue weighted by atomic mass is 10.1. The van der Waals surface area contributed by atoms with Gasteiger partial charge in [-0.2, -0.15) is 0 Å². The number of hydrogen-bond acceptors (Lipinski definition) is 3. The number of hydrogen-bond donors (Lipinski definition) is 1. The van der Waals surface area contributed by atoms with Crippen LogP contribution in [-0.2, 0) is 11.3 Å². The minimum Gasteiger partial charge on any atom is -0.467 e. The zero-order valence-electron chi connectivity index (χ0n) is 14.0. The Hall–Kier alpha value is -2.53. The Balaban J connectivity index is 1.45. The maximum Gasteiger partial charge on any atom is 0.242 e. The molecule has 0 spiro atoms. The van der Waals surface area contributed by atoms with Gasteiger partial charge in [-0.15, -0.1) is 0 Å². The van der Waals surface area contributed by atoms with Gasteiger partial charge < -0.3 is 19.0 Å². The topological polar surface area (TPSA) is 58.6 Å². The normalized spacial score (nSPS) is 18.8. The Bertz CT molecular complexity index is 853. The van der Waals surface area contributed by atoms with Gasteiger partial charge in [-0.1, -0.05) is 18.2 Å². The Morgan fingerprint density at radius 1 is 1.24 bits per heavy atom. The van der Waals surface area contributed by atoms with Gasteiger partial charge in [-0.25, -0.2) is 0 Å². The number of aliphatic hydroxyl groups is 1. The molecular weight excluding hydrogens is 316 g/mol. The molecular formula is C20H22N2O3. The molecule has 0 radical (unpaired) electrons. The van der Waals surface area contributed by atoms with Gasteiger partial charge in [0.15, 0.2) is 0 Å². The Morgan fingerprint density at radius 2 is 2.12 bits per heavy atom. The van der Waals surface area contributed by atoms with Crippen LogP contribution in [0, 0.1) is 0 Å². The summed E-state index contributed by atoms with van der Waals surface area (Å²) in [4.78, 5) is 14.8. The third kappa shape index (κ3) is 3.20. The van der Waals surface area contributed by atoms with E-state index in [1.54, 1.807) is 18.4 Å². The lowest BCUT2D eigenvalue weighted by molar-refractivity contribution is -0.133. The van der Waals surface area contributed by atoms with Crippen molar-refractivity contribution in [1.29, 1.82) is 0 Å². The van der Waals surface area contributed by atoms with E-state index in [1.165, 1.54) is 0 Å². The van der Waals surface area contributed by atoms with Gasteiger partial charge in [0.2, 0.25) is 5.91 Å². The quantitative estimate of drug-likeness (QED) is 0.776. The maximum absolute atomic E-state index is 12.8. The molecule has 1 aliphatic heterocycles. The highest BCUT2D eigenvalue weighted by Gasteiger charge is 2.31. The highest BCUT2D eigenvalue weighted by molar-refractivity contribution is 5.83. The highest BCUT2D eigenvalue weighted by Crippen LogP contribution is 2.28. The van der Waals surface area contributed by atoms with Crippen molar-refractivity contribution in [2.75, 3.05) is 6.54 Å². The smallest absolute Gasteiger partial charge is 0.242 e. The fraction of sp³-hybridized carbons (Fsp3) is 0.350. The molecule has 25 heavy (non-hydrogen) atoms. The van der Waals surface area contributed by atoms with E-state index in [2.05, 4.69) is 6.07 Å². The molecule has 2 aromatic heterocycles. The number of amides is 1. The van der Waals surface area contributed by atoms with Gasteiger partial charge in [0.25, 0.3) is 0 Å². The van der Waals surface area contributed by atoms with E-state index in [1.807, 2.05) is 39.9 Å². The second-order valence-corrected chi connectivity index (χ2v) is 6.65. The number of aliphatic hydroxyl groups excluding tert-OH is 1. The summed E-state index contributed by atoms with van der Waals surface area (Å²) in [6.07, 6.45) is 5.29. The van der Waals surface area contributed by atoms with Crippen molar-refractivity contribution in [2.45, 2.75) is 38.0 Å². The van der Waals surface area contributed by atoms with E-state index in [0.29, 0.717) is 18.7 Å². The third-order valence-corrected chi connectivity index (χ3v) is 5.05. The first kappa shape index (κ1) is 16.0. The van der Waals surface area contributed by atoms with Crippen LogP contribution in [0.3, 0.4) is 0 Å². The van der Waals surface area contributed by atoms with E-state index in [4.69, 9.17) is 4.42 Å². The molecule has 2 atom stereocenters. The van der Waals surface area contributed by atoms with Crippen molar-refractivity contribution >= 4 is 16.8 Å². The van der Waals surface area contributed by atoms with E-state index in [-0.39, 0.29) is 11.9 Å². The van der Waals surface area contributed by atoms with Gasteiger partial charge >= 0.3 is 0 Å². The van der Waals surface area contributed by atoms with E-state index >= 15 is 0 Å². The number of likely N-dealkylation sites (tertiary alicyclic amines) is 1. The minimum absolute atomic E-state index is 0.0643. The molecule has 1 aromatic carbocycles. The molecule has 4 rings (SSSR count). The monoisotopic (exact) mass is 338 g/mol. The van der Waals surface area contributed by atoms with E-state index in [0.717, 1.165) is 30.3 Å². The molecule has 5 nitrogen and oxygen atoms in total. The molecule has 0 saturated carbocycles. The Morgan fingerprint density at radius 3 is 2.96 bits per heavy atom. The SMILES string of the molecule is O=C(Cn1ccc2ccccc21)N1CCCC1CC(O)c1ccco1. The van der Waals surface area contributed by atoms with Gasteiger partial charge in [-0.05, 0) is 42.5 Å². The summed E-state index contributed by atoms with van der Waals surface area (Å²) in [6, 6.07) is 13.7. The van der Waals surface area contributed by atoms with Gasteiger partial charge in [0, 0.05) is 30.7 Å². The molecule has 3 aromatic rings. The average molecular weight is 338 g/mol. The summed E-state index contributed by atoms with van der Waals surface area (Å²) in [5, 5.41) is 11.5. The Kier molecular flexibility index (Phi) is 4.32. The number of para-hydroxylation sites is 1. The molecule has 2 unspecified atom stereocenters. The van der Waals surface area contributed by atoms with Crippen molar-refractivity contribution in [2.24, 2.45) is 0 Å². The van der Waals surface area contributed by atoms with Crippen LogP contribution in [-0.4, -0.2) is 33.1 Å². The molecule has 130 valence electrons. The van der Waals surface area contributed by atoms with Gasteiger partial charge in [0.1, 0.15) is 18.4 Å².